The molecular formula is C18H28N2O. The maximum Gasteiger partial charge on any atom is 0.179 e. The summed E-state index contributed by atoms with van der Waals surface area (Å²) in [6.07, 6.45) is 0. The molecule has 2 rings (SSSR count). The molecule has 0 bridgehead atoms. The third-order valence-corrected chi connectivity index (χ3v) is 4.80. The van der Waals surface area contributed by atoms with Gasteiger partial charge in [-0.15, -0.1) is 0 Å². The van der Waals surface area contributed by atoms with Gasteiger partial charge in [0.1, 0.15) is 0 Å². The number of benzene rings is 1. The van der Waals surface area contributed by atoms with Crippen molar-refractivity contribution < 1.29 is 4.79 Å². The second-order valence-corrected chi connectivity index (χ2v) is 6.50. The van der Waals surface area contributed by atoms with E-state index in [0.717, 1.165) is 31.7 Å². The Morgan fingerprint density at radius 1 is 0.952 bits per heavy atom. The van der Waals surface area contributed by atoms with Crippen molar-refractivity contribution in [2.75, 3.05) is 26.2 Å². The topological polar surface area (TPSA) is 23.6 Å². The number of ketones is 1. The summed E-state index contributed by atoms with van der Waals surface area (Å²) < 4.78 is 0. The molecule has 1 aliphatic rings. The highest BCUT2D eigenvalue weighted by atomic mass is 16.1. The lowest BCUT2D eigenvalue weighted by Gasteiger charge is -2.39. The summed E-state index contributed by atoms with van der Waals surface area (Å²) in [5.41, 5.74) is 3.28. The summed E-state index contributed by atoms with van der Waals surface area (Å²) in [6, 6.07) is 6.61. The van der Waals surface area contributed by atoms with Crippen molar-refractivity contribution in [3.8, 4) is 0 Å². The van der Waals surface area contributed by atoms with E-state index >= 15 is 0 Å². The largest absolute Gasteiger partial charge is 0.298 e. The number of carbonyl (C=O) groups excluding carboxylic acids is 1. The van der Waals surface area contributed by atoms with Crippen LogP contribution < -0.4 is 0 Å². The molecule has 1 aromatic carbocycles. The van der Waals surface area contributed by atoms with Crippen LogP contribution in [0.5, 0.6) is 0 Å². The standard InChI is InChI=1S/C18H28N2O/c1-13(2)19-8-10-20(11-9-19)16(5)18(21)17-7-6-14(3)15(4)12-17/h6-7,12-13,16H,8-11H2,1-5H3. The maximum absolute atomic E-state index is 12.7. The molecule has 3 heteroatoms. The minimum atomic E-state index is -0.0265. The average Bonchev–Trinajstić information content (AvgIpc) is 2.48. The molecule has 3 nitrogen and oxygen atoms in total. The van der Waals surface area contributed by atoms with Gasteiger partial charge in [0.05, 0.1) is 6.04 Å². The third kappa shape index (κ3) is 3.72. The Kier molecular flexibility index (Phi) is 5.17. The fourth-order valence-corrected chi connectivity index (χ4v) is 2.94. The Morgan fingerprint density at radius 2 is 1.52 bits per heavy atom. The number of aryl methyl sites for hydroxylation is 2. The van der Waals surface area contributed by atoms with Crippen LogP contribution >= 0.6 is 0 Å². The fraction of sp³-hybridized carbons (Fsp3) is 0.611. The molecule has 1 saturated heterocycles. The van der Waals surface area contributed by atoms with E-state index < -0.39 is 0 Å². The van der Waals surface area contributed by atoms with Gasteiger partial charge in [0.15, 0.2) is 5.78 Å². The van der Waals surface area contributed by atoms with E-state index in [0.29, 0.717) is 6.04 Å². The highest BCUT2D eigenvalue weighted by molar-refractivity contribution is 6.00. The van der Waals surface area contributed by atoms with E-state index in [1.807, 2.05) is 25.1 Å². The second kappa shape index (κ2) is 6.71. The van der Waals surface area contributed by atoms with Crippen LogP contribution in [0.4, 0.5) is 0 Å². The van der Waals surface area contributed by atoms with Gasteiger partial charge >= 0.3 is 0 Å². The molecule has 0 spiro atoms. The number of nitrogens with zero attached hydrogens (tertiary/aromatic N) is 2. The van der Waals surface area contributed by atoms with E-state index in [2.05, 4.69) is 37.5 Å². The van der Waals surface area contributed by atoms with Gasteiger partial charge in [0, 0.05) is 37.8 Å². The first-order valence-corrected chi connectivity index (χ1v) is 7.99. The zero-order valence-electron chi connectivity index (χ0n) is 14.0. The summed E-state index contributed by atoms with van der Waals surface area (Å²) in [5.74, 6) is 0.246. The molecule has 0 N–H and O–H groups in total. The second-order valence-electron chi connectivity index (χ2n) is 6.50. The van der Waals surface area contributed by atoms with Gasteiger partial charge in [0.2, 0.25) is 0 Å². The van der Waals surface area contributed by atoms with E-state index in [9.17, 15) is 4.79 Å². The first-order valence-electron chi connectivity index (χ1n) is 7.99. The van der Waals surface area contributed by atoms with Gasteiger partial charge in [-0.3, -0.25) is 14.6 Å². The van der Waals surface area contributed by atoms with Crippen LogP contribution in [0.3, 0.4) is 0 Å². The lowest BCUT2D eigenvalue weighted by molar-refractivity contribution is 0.0639. The van der Waals surface area contributed by atoms with Gasteiger partial charge < -0.3 is 0 Å². The lowest BCUT2D eigenvalue weighted by Crippen LogP contribution is -2.53. The molecule has 1 atom stereocenters. The quantitative estimate of drug-likeness (QED) is 0.796. The van der Waals surface area contributed by atoms with E-state index in [4.69, 9.17) is 0 Å². The first kappa shape index (κ1) is 16.2. The molecule has 116 valence electrons. The van der Waals surface area contributed by atoms with Gasteiger partial charge in [-0.2, -0.15) is 0 Å². The number of hydrogen-bond donors (Lipinski definition) is 0. The zero-order valence-corrected chi connectivity index (χ0v) is 14.0. The van der Waals surface area contributed by atoms with Crippen LogP contribution in [0, 0.1) is 13.8 Å². The van der Waals surface area contributed by atoms with Gasteiger partial charge in [-0.25, -0.2) is 0 Å². The molecule has 0 aliphatic carbocycles. The zero-order chi connectivity index (χ0) is 15.6. The Hall–Kier alpha value is -1.19. The number of hydrogen-bond acceptors (Lipinski definition) is 3. The molecule has 0 radical (unpaired) electrons. The van der Waals surface area contributed by atoms with Gasteiger partial charge in [0.25, 0.3) is 0 Å². The van der Waals surface area contributed by atoms with Crippen molar-refractivity contribution in [1.82, 2.24) is 9.80 Å². The van der Waals surface area contributed by atoms with Crippen molar-refractivity contribution in [2.45, 2.75) is 46.7 Å². The Morgan fingerprint density at radius 3 is 2.05 bits per heavy atom. The minimum absolute atomic E-state index is 0.0265. The summed E-state index contributed by atoms with van der Waals surface area (Å²) in [7, 11) is 0. The van der Waals surface area contributed by atoms with Crippen LogP contribution in [0.25, 0.3) is 0 Å². The molecule has 21 heavy (non-hydrogen) atoms. The predicted octanol–water partition coefficient (Wildman–Crippen LogP) is 2.90. The monoisotopic (exact) mass is 288 g/mol. The molecule has 1 heterocycles. The van der Waals surface area contributed by atoms with Crippen LogP contribution in [0.15, 0.2) is 18.2 Å². The van der Waals surface area contributed by atoms with Crippen LogP contribution in [-0.2, 0) is 0 Å². The normalized spacial score (nSPS) is 19.0. The predicted molar refractivity (Wildman–Crippen MR) is 88.0 cm³/mol. The highest BCUT2D eigenvalue weighted by Gasteiger charge is 2.27. The maximum atomic E-state index is 12.7. The summed E-state index contributed by atoms with van der Waals surface area (Å²) in [5, 5.41) is 0. The summed E-state index contributed by atoms with van der Waals surface area (Å²) >= 11 is 0. The lowest BCUT2D eigenvalue weighted by atomic mass is 9.99. The first-order chi connectivity index (χ1) is 9.90. The number of rotatable bonds is 4. The highest BCUT2D eigenvalue weighted by Crippen LogP contribution is 2.16. The summed E-state index contributed by atoms with van der Waals surface area (Å²) in [4.78, 5) is 17.5. The molecule has 1 fully saturated rings. The van der Waals surface area contributed by atoms with Crippen LogP contribution in [0.2, 0.25) is 0 Å². The molecule has 1 aliphatic heterocycles. The van der Waals surface area contributed by atoms with Crippen LogP contribution in [0.1, 0.15) is 42.3 Å². The fourth-order valence-electron chi connectivity index (χ4n) is 2.94. The molecule has 1 unspecified atom stereocenters. The minimum Gasteiger partial charge on any atom is -0.298 e. The molecule has 1 aromatic rings. The smallest absolute Gasteiger partial charge is 0.179 e. The molecule has 0 saturated carbocycles. The third-order valence-electron chi connectivity index (χ3n) is 4.80. The molecule has 0 aromatic heterocycles. The van der Waals surface area contributed by atoms with E-state index in [1.165, 1.54) is 11.1 Å². The number of Topliss-reactive ketones (excluding diaryl/α,β-unsaturated/α-hetero) is 1. The SMILES string of the molecule is Cc1ccc(C(=O)C(C)N2CCN(C(C)C)CC2)cc1C. The van der Waals surface area contributed by atoms with Gasteiger partial charge in [-0.1, -0.05) is 12.1 Å². The van der Waals surface area contributed by atoms with Crippen molar-refractivity contribution in [3.63, 3.8) is 0 Å². The number of piperazine rings is 1. The average molecular weight is 288 g/mol. The van der Waals surface area contributed by atoms with E-state index in [1.54, 1.807) is 0 Å². The Balaban J connectivity index is 2.01. The summed E-state index contributed by atoms with van der Waals surface area (Å²) in [6.45, 7) is 14.7. The molecule has 0 amide bonds. The van der Waals surface area contributed by atoms with Crippen molar-refractivity contribution >= 4 is 5.78 Å². The van der Waals surface area contributed by atoms with Crippen LogP contribution in [-0.4, -0.2) is 53.8 Å². The Bertz CT molecular complexity index is 502. The van der Waals surface area contributed by atoms with E-state index in [-0.39, 0.29) is 11.8 Å². The van der Waals surface area contributed by atoms with Gasteiger partial charge in [-0.05, 0) is 51.8 Å². The number of carbonyl (C=O) groups is 1. The van der Waals surface area contributed by atoms with Crippen molar-refractivity contribution in [1.29, 1.82) is 0 Å². The Labute approximate surface area is 128 Å². The molecular weight excluding hydrogens is 260 g/mol. The van der Waals surface area contributed by atoms with Crippen molar-refractivity contribution in [3.05, 3.63) is 34.9 Å². The van der Waals surface area contributed by atoms with Crippen molar-refractivity contribution in [2.24, 2.45) is 0 Å².